The van der Waals surface area contributed by atoms with Gasteiger partial charge < -0.3 is 20.1 Å². The van der Waals surface area contributed by atoms with E-state index in [1.165, 1.54) is 13.3 Å². The molecular weight excluding hydrogens is 456 g/mol. The van der Waals surface area contributed by atoms with Crippen LogP contribution in [0.1, 0.15) is 44.6 Å². The minimum absolute atomic E-state index is 0.0463. The number of piperidine rings is 1. The molecule has 8 nitrogen and oxygen atoms in total. The Morgan fingerprint density at radius 3 is 2.82 bits per heavy atom. The van der Waals surface area contributed by atoms with Crippen LogP contribution in [-0.2, 0) is 9.53 Å². The number of ether oxygens (including phenoxy) is 2. The van der Waals surface area contributed by atoms with Gasteiger partial charge in [-0.2, -0.15) is 10.2 Å². The van der Waals surface area contributed by atoms with Crippen LogP contribution in [0.15, 0.2) is 6.20 Å². The fourth-order valence-electron chi connectivity index (χ4n) is 5.09. The van der Waals surface area contributed by atoms with Gasteiger partial charge in [0.25, 0.3) is 0 Å². The standard InChI is InChI=1S/C22H28ClF2N5O3/c1-11(28-21-27-9-14(8-26)20(30-21)32-2)15-3-13-4-16(23)18(5-17(13)29-19(15)31)33-10-12-6-22(24,25)7-12/h9,11-13,15-18H,3-7,10H2,1-2H3,(H,29,31)(H,27,28,30). The third-order valence-corrected chi connectivity index (χ3v) is 7.42. The first-order valence-corrected chi connectivity index (χ1v) is 11.6. The maximum atomic E-state index is 13.0. The van der Waals surface area contributed by atoms with Crippen molar-refractivity contribution in [2.45, 2.75) is 68.5 Å². The van der Waals surface area contributed by atoms with Gasteiger partial charge in [0.15, 0.2) is 0 Å². The number of methoxy groups -OCH3 is 1. The highest BCUT2D eigenvalue weighted by atomic mass is 35.5. The molecule has 0 aromatic carbocycles. The van der Waals surface area contributed by atoms with E-state index in [4.69, 9.17) is 26.3 Å². The number of hydrogen-bond acceptors (Lipinski definition) is 7. The van der Waals surface area contributed by atoms with E-state index in [2.05, 4.69) is 20.6 Å². The van der Waals surface area contributed by atoms with Crippen LogP contribution in [-0.4, -0.2) is 59.1 Å². The molecule has 180 valence electrons. The molecule has 2 aliphatic carbocycles. The zero-order valence-corrected chi connectivity index (χ0v) is 19.3. The first-order chi connectivity index (χ1) is 15.7. The van der Waals surface area contributed by atoms with Crippen LogP contribution in [0, 0.1) is 29.1 Å². The van der Waals surface area contributed by atoms with Crippen molar-refractivity contribution < 1.29 is 23.0 Å². The SMILES string of the molecule is COc1nc(NC(C)C2CC3CC(Cl)C(OCC4CC(F)(F)C4)CC3NC2=O)ncc1C#N. The topological polar surface area (TPSA) is 109 Å². The van der Waals surface area contributed by atoms with Gasteiger partial charge in [-0.15, -0.1) is 11.6 Å². The monoisotopic (exact) mass is 483 g/mol. The lowest BCUT2D eigenvalue weighted by atomic mass is 9.73. The Labute approximate surface area is 196 Å². The molecule has 11 heteroatoms. The number of nitrogens with one attached hydrogen (secondary N) is 2. The van der Waals surface area contributed by atoms with Gasteiger partial charge in [0.05, 0.1) is 37.3 Å². The van der Waals surface area contributed by atoms with Gasteiger partial charge in [0, 0.05) is 24.9 Å². The second kappa shape index (κ2) is 9.55. The van der Waals surface area contributed by atoms with Crippen LogP contribution in [0.5, 0.6) is 5.88 Å². The molecule has 0 spiro atoms. The number of amides is 1. The number of rotatable bonds is 7. The van der Waals surface area contributed by atoms with Crippen LogP contribution >= 0.6 is 11.6 Å². The summed E-state index contributed by atoms with van der Waals surface area (Å²) < 4.78 is 37.1. The average molecular weight is 484 g/mol. The Hall–Kier alpha value is -2.25. The molecular formula is C22H28ClF2N5O3. The summed E-state index contributed by atoms with van der Waals surface area (Å²) >= 11 is 6.60. The third kappa shape index (κ3) is 5.30. The van der Waals surface area contributed by atoms with Crippen molar-refractivity contribution in [3.63, 3.8) is 0 Å². The lowest BCUT2D eigenvalue weighted by Gasteiger charge is -2.45. The molecule has 2 saturated carbocycles. The van der Waals surface area contributed by atoms with E-state index >= 15 is 0 Å². The molecule has 3 fully saturated rings. The number of halogens is 3. The van der Waals surface area contributed by atoms with Crippen molar-refractivity contribution in [3.05, 3.63) is 11.8 Å². The molecule has 6 unspecified atom stereocenters. The summed E-state index contributed by atoms with van der Waals surface area (Å²) in [6.07, 6.45) is 2.79. The van der Waals surface area contributed by atoms with Gasteiger partial charge >= 0.3 is 0 Å². The van der Waals surface area contributed by atoms with Gasteiger partial charge in [0.2, 0.25) is 23.7 Å². The van der Waals surface area contributed by atoms with Gasteiger partial charge in [-0.1, -0.05) is 0 Å². The van der Waals surface area contributed by atoms with Crippen molar-refractivity contribution in [1.29, 1.82) is 5.26 Å². The molecule has 1 aromatic heterocycles. The third-order valence-electron chi connectivity index (χ3n) is 6.96. The van der Waals surface area contributed by atoms with Crippen molar-refractivity contribution in [3.8, 4) is 11.9 Å². The molecule has 6 atom stereocenters. The first kappa shape index (κ1) is 23.9. The molecule has 1 amide bonds. The van der Waals surface area contributed by atoms with Gasteiger partial charge in [-0.3, -0.25) is 4.79 Å². The van der Waals surface area contributed by atoms with E-state index in [-0.39, 0.29) is 84.1 Å². The maximum Gasteiger partial charge on any atom is 0.248 e. The second-order valence-corrected chi connectivity index (χ2v) is 9.93. The molecule has 0 radical (unpaired) electrons. The number of aromatic nitrogens is 2. The van der Waals surface area contributed by atoms with E-state index in [0.29, 0.717) is 19.3 Å². The largest absolute Gasteiger partial charge is 0.480 e. The number of nitriles is 1. The Morgan fingerprint density at radius 1 is 1.39 bits per heavy atom. The predicted octanol–water partition coefficient (Wildman–Crippen LogP) is 3.11. The quantitative estimate of drug-likeness (QED) is 0.573. The minimum Gasteiger partial charge on any atom is -0.480 e. The maximum absolute atomic E-state index is 13.0. The van der Waals surface area contributed by atoms with E-state index < -0.39 is 5.92 Å². The van der Waals surface area contributed by atoms with Gasteiger partial charge in [-0.05, 0) is 38.0 Å². The van der Waals surface area contributed by atoms with Crippen LogP contribution < -0.4 is 15.4 Å². The number of fused-ring (bicyclic) bond motifs is 1. The Bertz CT molecular complexity index is 922. The van der Waals surface area contributed by atoms with E-state index in [1.807, 2.05) is 13.0 Å². The highest BCUT2D eigenvalue weighted by molar-refractivity contribution is 6.21. The Morgan fingerprint density at radius 2 is 2.15 bits per heavy atom. The fraction of sp³-hybridized carbons (Fsp3) is 0.727. The summed E-state index contributed by atoms with van der Waals surface area (Å²) in [6, 6.07) is 1.66. The molecule has 1 saturated heterocycles. The molecule has 0 bridgehead atoms. The Kier molecular flexibility index (Phi) is 6.91. The molecule has 1 aliphatic heterocycles. The van der Waals surface area contributed by atoms with E-state index in [1.54, 1.807) is 0 Å². The summed E-state index contributed by atoms with van der Waals surface area (Å²) in [5.41, 5.74) is 0.229. The summed E-state index contributed by atoms with van der Waals surface area (Å²) in [5.74, 6) is -2.41. The van der Waals surface area contributed by atoms with Crippen molar-refractivity contribution >= 4 is 23.5 Å². The van der Waals surface area contributed by atoms with Crippen LogP contribution in [0.3, 0.4) is 0 Å². The predicted molar refractivity (Wildman–Crippen MR) is 116 cm³/mol. The molecule has 3 aliphatic rings. The molecule has 1 aromatic rings. The molecule has 33 heavy (non-hydrogen) atoms. The summed E-state index contributed by atoms with van der Waals surface area (Å²) in [5, 5.41) is 15.1. The van der Waals surface area contributed by atoms with Crippen molar-refractivity contribution in [1.82, 2.24) is 15.3 Å². The first-order valence-electron chi connectivity index (χ1n) is 11.2. The van der Waals surface area contributed by atoms with Gasteiger partial charge in [0.1, 0.15) is 11.6 Å². The smallest absolute Gasteiger partial charge is 0.248 e. The average Bonchev–Trinajstić information content (AvgIpc) is 2.75. The lowest BCUT2D eigenvalue weighted by Crippen LogP contribution is -2.58. The zero-order valence-electron chi connectivity index (χ0n) is 18.6. The van der Waals surface area contributed by atoms with Gasteiger partial charge in [-0.25, -0.2) is 13.8 Å². The number of carbonyl (C=O) groups excluding carboxylic acids is 1. The van der Waals surface area contributed by atoms with E-state index in [9.17, 15) is 13.6 Å². The summed E-state index contributed by atoms with van der Waals surface area (Å²) in [6.45, 7) is 2.17. The van der Waals surface area contributed by atoms with E-state index in [0.717, 1.165) is 0 Å². The number of alkyl halides is 3. The molecule has 4 rings (SSSR count). The summed E-state index contributed by atoms with van der Waals surface area (Å²) in [7, 11) is 1.43. The normalized spacial score (nSPS) is 32.0. The van der Waals surface area contributed by atoms with Crippen molar-refractivity contribution in [2.24, 2.45) is 17.8 Å². The zero-order chi connectivity index (χ0) is 23.8. The number of hydrogen-bond donors (Lipinski definition) is 2. The minimum atomic E-state index is -2.56. The second-order valence-electron chi connectivity index (χ2n) is 9.37. The molecule has 2 heterocycles. The number of nitrogens with zero attached hydrogens (tertiary/aromatic N) is 3. The van der Waals surface area contributed by atoms with Crippen LogP contribution in [0.25, 0.3) is 0 Å². The lowest BCUT2D eigenvalue weighted by molar-refractivity contribution is -0.142. The fourth-order valence-corrected chi connectivity index (χ4v) is 5.50. The number of carbonyl (C=O) groups is 1. The molecule has 2 N–H and O–H groups in total. The number of anilines is 1. The van der Waals surface area contributed by atoms with Crippen LogP contribution in [0.2, 0.25) is 0 Å². The highest BCUT2D eigenvalue weighted by Gasteiger charge is 2.47. The van der Waals surface area contributed by atoms with Crippen LogP contribution in [0.4, 0.5) is 14.7 Å². The van der Waals surface area contributed by atoms with Crippen molar-refractivity contribution in [2.75, 3.05) is 19.0 Å². The highest BCUT2D eigenvalue weighted by Crippen LogP contribution is 2.43. The summed E-state index contributed by atoms with van der Waals surface area (Å²) in [4.78, 5) is 21.2. The Balaban J connectivity index is 1.32.